The standard InChI is InChI=1S/C17H27N3O4/c1-17(2,3)24-16(23)20-12-6-4-11(5-7-12)19-10-14-13(15(21)22)8-9-18-14/h8-9,11-12,18-19H,4-7,10H2,1-3H3,(H,20,23)(H,21,22). The number of amides is 1. The first-order chi connectivity index (χ1) is 11.2. The van der Waals surface area contributed by atoms with Crippen LogP contribution < -0.4 is 10.6 Å². The monoisotopic (exact) mass is 337 g/mol. The van der Waals surface area contributed by atoms with Gasteiger partial charge in [-0.25, -0.2) is 9.59 Å². The second-order valence-corrected chi connectivity index (χ2v) is 7.25. The molecule has 0 spiro atoms. The normalized spacial score (nSPS) is 21.3. The van der Waals surface area contributed by atoms with E-state index in [0.717, 1.165) is 25.7 Å². The van der Waals surface area contributed by atoms with Crippen LogP contribution in [0.2, 0.25) is 0 Å². The lowest BCUT2D eigenvalue weighted by Crippen LogP contribution is -2.43. The van der Waals surface area contributed by atoms with Gasteiger partial charge in [0.2, 0.25) is 0 Å². The minimum atomic E-state index is -0.918. The summed E-state index contributed by atoms with van der Waals surface area (Å²) in [5.41, 5.74) is 0.514. The lowest BCUT2D eigenvalue weighted by molar-refractivity contribution is 0.0489. The molecule has 2 rings (SSSR count). The number of ether oxygens (including phenoxy) is 1. The average Bonchev–Trinajstić information content (AvgIpc) is 2.93. The number of aromatic nitrogens is 1. The number of carbonyl (C=O) groups is 2. The van der Waals surface area contributed by atoms with E-state index in [1.165, 1.54) is 0 Å². The molecular formula is C17H27N3O4. The highest BCUT2D eigenvalue weighted by Gasteiger charge is 2.24. The van der Waals surface area contributed by atoms with Crippen LogP contribution in [-0.2, 0) is 11.3 Å². The number of rotatable bonds is 5. The number of alkyl carbamates (subject to hydrolysis) is 1. The summed E-state index contributed by atoms with van der Waals surface area (Å²) in [5.74, 6) is -0.918. The van der Waals surface area contributed by atoms with Gasteiger partial charge in [0.05, 0.1) is 5.56 Å². The van der Waals surface area contributed by atoms with Crippen molar-refractivity contribution in [1.82, 2.24) is 15.6 Å². The third-order valence-electron chi connectivity index (χ3n) is 4.08. The van der Waals surface area contributed by atoms with E-state index in [0.29, 0.717) is 23.8 Å². The Balaban J connectivity index is 1.72. The van der Waals surface area contributed by atoms with Gasteiger partial charge in [0.1, 0.15) is 5.60 Å². The molecule has 1 saturated carbocycles. The summed E-state index contributed by atoms with van der Waals surface area (Å²) in [4.78, 5) is 25.8. The predicted octanol–water partition coefficient (Wildman–Crippen LogP) is 2.64. The molecule has 4 N–H and O–H groups in total. The fraction of sp³-hybridized carbons (Fsp3) is 0.647. The number of nitrogens with one attached hydrogen (secondary N) is 3. The minimum Gasteiger partial charge on any atom is -0.478 e. The van der Waals surface area contributed by atoms with Crippen LogP contribution in [0.4, 0.5) is 4.79 Å². The summed E-state index contributed by atoms with van der Waals surface area (Å²) in [5, 5.41) is 15.4. The zero-order valence-electron chi connectivity index (χ0n) is 14.5. The van der Waals surface area contributed by atoms with Crippen molar-refractivity contribution in [3.8, 4) is 0 Å². The highest BCUT2D eigenvalue weighted by Crippen LogP contribution is 2.20. The summed E-state index contributed by atoms with van der Waals surface area (Å²) >= 11 is 0. The average molecular weight is 337 g/mol. The second-order valence-electron chi connectivity index (χ2n) is 7.25. The summed E-state index contributed by atoms with van der Waals surface area (Å²) in [7, 11) is 0. The molecule has 24 heavy (non-hydrogen) atoms. The largest absolute Gasteiger partial charge is 0.478 e. The zero-order valence-corrected chi connectivity index (χ0v) is 14.5. The maximum absolute atomic E-state index is 11.8. The molecular weight excluding hydrogens is 310 g/mol. The molecule has 7 nitrogen and oxygen atoms in total. The van der Waals surface area contributed by atoms with Crippen LogP contribution in [0.3, 0.4) is 0 Å². The van der Waals surface area contributed by atoms with Gasteiger partial charge in [-0.2, -0.15) is 0 Å². The number of hydrogen-bond donors (Lipinski definition) is 4. The van der Waals surface area contributed by atoms with Crippen molar-refractivity contribution in [2.75, 3.05) is 0 Å². The van der Waals surface area contributed by atoms with Gasteiger partial charge in [-0.1, -0.05) is 0 Å². The number of carboxylic acid groups (broad SMARTS) is 1. The van der Waals surface area contributed by atoms with Gasteiger partial charge in [0.15, 0.2) is 0 Å². The number of carbonyl (C=O) groups excluding carboxylic acids is 1. The van der Waals surface area contributed by atoms with E-state index in [2.05, 4.69) is 15.6 Å². The van der Waals surface area contributed by atoms with E-state index in [1.54, 1.807) is 12.3 Å². The Kier molecular flexibility index (Phi) is 5.88. The van der Waals surface area contributed by atoms with Crippen LogP contribution in [-0.4, -0.2) is 39.8 Å². The van der Waals surface area contributed by atoms with Crippen LogP contribution in [0.25, 0.3) is 0 Å². The van der Waals surface area contributed by atoms with E-state index in [1.807, 2.05) is 20.8 Å². The summed E-state index contributed by atoms with van der Waals surface area (Å²) < 4.78 is 5.27. The molecule has 0 bridgehead atoms. The SMILES string of the molecule is CC(C)(C)OC(=O)NC1CCC(NCc2[nH]ccc2C(=O)O)CC1. The highest BCUT2D eigenvalue weighted by atomic mass is 16.6. The van der Waals surface area contributed by atoms with E-state index >= 15 is 0 Å². The van der Waals surface area contributed by atoms with E-state index in [-0.39, 0.29) is 12.1 Å². The molecule has 0 aromatic carbocycles. The highest BCUT2D eigenvalue weighted by molar-refractivity contribution is 5.88. The van der Waals surface area contributed by atoms with Crippen LogP contribution in [0, 0.1) is 0 Å². The molecule has 1 aliphatic carbocycles. The number of carboxylic acids is 1. The maximum Gasteiger partial charge on any atom is 0.407 e. The maximum atomic E-state index is 11.8. The third kappa shape index (κ3) is 5.56. The Morgan fingerprint density at radius 1 is 1.25 bits per heavy atom. The molecule has 0 unspecified atom stereocenters. The topological polar surface area (TPSA) is 103 Å². The summed E-state index contributed by atoms with van der Waals surface area (Å²) in [6, 6.07) is 2.03. The Labute approximate surface area is 142 Å². The van der Waals surface area contributed by atoms with Crippen molar-refractivity contribution in [2.45, 2.75) is 70.7 Å². The molecule has 134 valence electrons. The van der Waals surface area contributed by atoms with Crippen LogP contribution in [0.1, 0.15) is 62.5 Å². The molecule has 1 aromatic heterocycles. The van der Waals surface area contributed by atoms with Crippen LogP contribution in [0.15, 0.2) is 12.3 Å². The third-order valence-corrected chi connectivity index (χ3v) is 4.08. The molecule has 0 saturated heterocycles. The predicted molar refractivity (Wildman–Crippen MR) is 90.0 cm³/mol. The molecule has 1 amide bonds. The first-order valence-corrected chi connectivity index (χ1v) is 8.37. The summed E-state index contributed by atoms with van der Waals surface area (Å²) in [6.45, 7) is 6.04. The van der Waals surface area contributed by atoms with Crippen LogP contribution in [0.5, 0.6) is 0 Å². The fourth-order valence-electron chi connectivity index (χ4n) is 2.91. The number of aromatic amines is 1. The Hall–Kier alpha value is -2.02. The number of H-pyrrole nitrogens is 1. The van der Waals surface area contributed by atoms with Gasteiger partial charge in [-0.05, 0) is 52.5 Å². The van der Waals surface area contributed by atoms with Gasteiger partial charge < -0.3 is 25.5 Å². The van der Waals surface area contributed by atoms with E-state index < -0.39 is 11.6 Å². The van der Waals surface area contributed by atoms with Gasteiger partial charge in [-0.3, -0.25) is 0 Å². The molecule has 0 aliphatic heterocycles. The lowest BCUT2D eigenvalue weighted by atomic mass is 9.91. The molecule has 0 atom stereocenters. The first-order valence-electron chi connectivity index (χ1n) is 8.37. The smallest absolute Gasteiger partial charge is 0.407 e. The summed E-state index contributed by atoms with van der Waals surface area (Å²) in [6.07, 6.45) is 4.91. The Morgan fingerprint density at radius 3 is 2.46 bits per heavy atom. The quantitative estimate of drug-likeness (QED) is 0.661. The van der Waals surface area contributed by atoms with E-state index in [4.69, 9.17) is 9.84 Å². The van der Waals surface area contributed by atoms with Gasteiger partial charge in [-0.15, -0.1) is 0 Å². The molecule has 1 aliphatic rings. The van der Waals surface area contributed by atoms with Crippen molar-refractivity contribution in [3.05, 3.63) is 23.5 Å². The number of hydrogen-bond acceptors (Lipinski definition) is 4. The van der Waals surface area contributed by atoms with Crippen molar-refractivity contribution >= 4 is 12.1 Å². The Bertz CT molecular complexity index is 569. The molecule has 1 fully saturated rings. The van der Waals surface area contributed by atoms with Crippen LogP contribution >= 0.6 is 0 Å². The fourth-order valence-corrected chi connectivity index (χ4v) is 2.91. The van der Waals surface area contributed by atoms with Gasteiger partial charge >= 0.3 is 12.1 Å². The molecule has 7 heteroatoms. The lowest BCUT2D eigenvalue weighted by Gasteiger charge is -2.30. The molecule has 1 aromatic rings. The minimum absolute atomic E-state index is 0.137. The molecule has 1 heterocycles. The Morgan fingerprint density at radius 2 is 1.88 bits per heavy atom. The van der Waals surface area contributed by atoms with Crippen molar-refractivity contribution in [1.29, 1.82) is 0 Å². The zero-order chi connectivity index (χ0) is 17.7. The van der Waals surface area contributed by atoms with E-state index in [9.17, 15) is 9.59 Å². The number of aromatic carboxylic acids is 1. The van der Waals surface area contributed by atoms with Crippen molar-refractivity contribution < 1.29 is 19.4 Å². The van der Waals surface area contributed by atoms with Gasteiger partial charge in [0, 0.05) is 30.5 Å². The van der Waals surface area contributed by atoms with Crippen molar-refractivity contribution in [2.24, 2.45) is 0 Å². The second kappa shape index (κ2) is 7.70. The molecule has 0 radical (unpaired) electrons. The first kappa shape index (κ1) is 18.3. The van der Waals surface area contributed by atoms with Gasteiger partial charge in [0.25, 0.3) is 0 Å². The van der Waals surface area contributed by atoms with Crippen molar-refractivity contribution in [3.63, 3.8) is 0 Å².